The highest BCUT2D eigenvalue weighted by molar-refractivity contribution is 4.84. The number of rotatable bonds is 2. The Balaban J connectivity index is 1.93. The Kier molecular flexibility index (Phi) is 3.10. The molecule has 0 bridgehead atoms. The van der Waals surface area contributed by atoms with Gasteiger partial charge in [0.2, 0.25) is 0 Å². The van der Waals surface area contributed by atoms with Crippen LogP contribution in [0.15, 0.2) is 0 Å². The van der Waals surface area contributed by atoms with Crippen LogP contribution >= 0.6 is 0 Å². The third-order valence-electron chi connectivity index (χ3n) is 3.26. The molecule has 2 rings (SSSR count). The fourth-order valence-corrected chi connectivity index (χ4v) is 2.55. The molecular formula is C11H20O3. The van der Waals surface area contributed by atoms with Crippen LogP contribution in [0.25, 0.3) is 0 Å². The Bertz CT molecular complexity index is 189. The summed E-state index contributed by atoms with van der Waals surface area (Å²) in [5.74, 6) is -0.294. The smallest absolute Gasteiger partial charge is 0.169 e. The molecule has 1 N–H and O–H groups in total. The van der Waals surface area contributed by atoms with Gasteiger partial charge in [-0.3, -0.25) is 0 Å². The number of aliphatic hydroxyl groups excluding tert-OH is 1. The fourth-order valence-electron chi connectivity index (χ4n) is 2.55. The molecule has 82 valence electrons. The minimum atomic E-state index is -0.294. The molecule has 0 aromatic rings. The van der Waals surface area contributed by atoms with Gasteiger partial charge < -0.3 is 14.6 Å². The Morgan fingerprint density at radius 3 is 2.79 bits per heavy atom. The summed E-state index contributed by atoms with van der Waals surface area (Å²) in [6, 6.07) is 0. The molecule has 14 heavy (non-hydrogen) atoms. The maximum Gasteiger partial charge on any atom is 0.169 e. The van der Waals surface area contributed by atoms with Crippen LogP contribution in [-0.2, 0) is 9.47 Å². The summed E-state index contributed by atoms with van der Waals surface area (Å²) in [5.41, 5.74) is 0. The van der Waals surface area contributed by atoms with Crippen LogP contribution in [0.4, 0.5) is 0 Å². The van der Waals surface area contributed by atoms with Gasteiger partial charge in [0.05, 0.1) is 12.2 Å². The van der Waals surface area contributed by atoms with Crippen LogP contribution in [0.1, 0.15) is 45.4 Å². The number of hydrogen-bond donors (Lipinski definition) is 1. The third kappa shape index (κ3) is 2.10. The third-order valence-corrected chi connectivity index (χ3v) is 3.26. The minimum absolute atomic E-state index is 0.207. The van der Waals surface area contributed by atoms with Gasteiger partial charge in [-0.25, -0.2) is 0 Å². The quantitative estimate of drug-likeness (QED) is 0.739. The van der Waals surface area contributed by atoms with E-state index in [1.807, 2.05) is 0 Å². The first kappa shape index (κ1) is 10.4. The first-order chi connectivity index (χ1) is 6.74. The second kappa shape index (κ2) is 4.17. The summed E-state index contributed by atoms with van der Waals surface area (Å²) < 4.78 is 11.8. The highest BCUT2D eigenvalue weighted by Gasteiger charge is 2.43. The summed E-state index contributed by atoms with van der Waals surface area (Å²) >= 11 is 0. The summed E-state index contributed by atoms with van der Waals surface area (Å²) in [5, 5.41) is 8.88. The normalized spacial score (nSPS) is 43.3. The van der Waals surface area contributed by atoms with Crippen molar-refractivity contribution >= 4 is 0 Å². The van der Waals surface area contributed by atoms with E-state index < -0.39 is 0 Å². The number of aliphatic hydroxyl groups is 1. The predicted molar refractivity (Wildman–Crippen MR) is 52.9 cm³/mol. The van der Waals surface area contributed by atoms with Crippen LogP contribution in [0.5, 0.6) is 0 Å². The number of hydrogen-bond acceptors (Lipinski definition) is 3. The van der Waals surface area contributed by atoms with E-state index in [-0.39, 0.29) is 18.5 Å². The summed E-state index contributed by atoms with van der Waals surface area (Å²) in [6.45, 7) is 2.32. The van der Waals surface area contributed by atoms with Gasteiger partial charge in [-0.1, -0.05) is 0 Å². The summed E-state index contributed by atoms with van der Waals surface area (Å²) in [7, 11) is 0. The number of ether oxygens (including phenoxy) is 2. The zero-order valence-electron chi connectivity index (χ0n) is 8.87. The summed E-state index contributed by atoms with van der Waals surface area (Å²) in [6.07, 6.45) is 6.68. The molecule has 2 heterocycles. The van der Waals surface area contributed by atoms with E-state index in [0.29, 0.717) is 6.10 Å². The van der Waals surface area contributed by atoms with E-state index in [9.17, 15) is 0 Å². The molecule has 3 heteroatoms. The molecule has 3 nitrogen and oxygen atoms in total. The van der Waals surface area contributed by atoms with Crippen molar-refractivity contribution in [3.63, 3.8) is 0 Å². The lowest BCUT2D eigenvalue weighted by Gasteiger charge is -2.38. The molecule has 0 amide bonds. The summed E-state index contributed by atoms with van der Waals surface area (Å²) in [4.78, 5) is 0. The van der Waals surface area contributed by atoms with Crippen molar-refractivity contribution in [3.8, 4) is 0 Å². The Morgan fingerprint density at radius 1 is 1.29 bits per heavy atom. The molecule has 1 unspecified atom stereocenters. The van der Waals surface area contributed by atoms with Gasteiger partial charge in [-0.15, -0.1) is 0 Å². The molecule has 2 fully saturated rings. The monoisotopic (exact) mass is 200 g/mol. The molecule has 3 atom stereocenters. The average Bonchev–Trinajstić information content (AvgIpc) is 2.48. The second-order valence-corrected chi connectivity index (χ2v) is 4.52. The van der Waals surface area contributed by atoms with Crippen molar-refractivity contribution in [2.75, 3.05) is 6.61 Å². The van der Waals surface area contributed by atoms with Crippen molar-refractivity contribution in [2.45, 2.75) is 63.4 Å². The van der Waals surface area contributed by atoms with Crippen molar-refractivity contribution in [1.29, 1.82) is 0 Å². The van der Waals surface area contributed by atoms with Crippen LogP contribution in [0.2, 0.25) is 0 Å². The Labute approximate surface area is 85.4 Å². The molecule has 0 saturated carbocycles. The molecule has 0 aliphatic carbocycles. The molecule has 0 aromatic heterocycles. The van der Waals surface area contributed by atoms with Crippen molar-refractivity contribution in [2.24, 2.45) is 0 Å². The Hall–Kier alpha value is -0.120. The highest BCUT2D eigenvalue weighted by atomic mass is 16.7. The van der Waals surface area contributed by atoms with Gasteiger partial charge in [0, 0.05) is 19.4 Å². The van der Waals surface area contributed by atoms with E-state index in [1.54, 1.807) is 0 Å². The molecule has 2 aliphatic heterocycles. The molecule has 2 aliphatic rings. The van der Waals surface area contributed by atoms with Gasteiger partial charge in [-0.05, 0) is 32.6 Å². The van der Waals surface area contributed by atoms with E-state index in [4.69, 9.17) is 14.6 Å². The lowest BCUT2D eigenvalue weighted by atomic mass is 9.97. The predicted octanol–water partition coefficient (Wildman–Crippen LogP) is 1.83. The molecule has 1 spiro atoms. The highest BCUT2D eigenvalue weighted by Crippen LogP contribution is 2.40. The lowest BCUT2D eigenvalue weighted by Crippen LogP contribution is -2.40. The first-order valence-corrected chi connectivity index (χ1v) is 5.71. The van der Waals surface area contributed by atoms with E-state index in [0.717, 1.165) is 38.5 Å². The Morgan fingerprint density at radius 2 is 2.14 bits per heavy atom. The SMILES string of the molecule is C[C@@H]1CCC2(CCC[C@@H](CCO)O2)O1. The zero-order chi connectivity index (χ0) is 10.0. The standard InChI is InChI=1S/C11H20O3/c1-9-4-7-11(13-9)6-2-3-10(14-11)5-8-12/h9-10,12H,2-8H2,1H3/t9-,10+,11?/m1/s1. The van der Waals surface area contributed by atoms with Gasteiger partial charge in [-0.2, -0.15) is 0 Å². The van der Waals surface area contributed by atoms with Crippen LogP contribution in [-0.4, -0.2) is 29.7 Å². The zero-order valence-corrected chi connectivity index (χ0v) is 8.87. The molecule has 0 aromatic carbocycles. The van der Waals surface area contributed by atoms with Gasteiger partial charge >= 0.3 is 0 Å². The maximum absolute atomic E-state index is 8.88. The van der Waals surface area contributed by atoms with Crippen molar-refractivity contribution < 1.29 is 14.6 Å². The first-order valence-electron chi connectivity index (χ1n) is 5.71. The topological polar surface area (TPSA) is 38.7 Å². The molecule has 0 radical (unpaired) electrons. The second-order valence-electron chi connectivity index (χ2n) is 4.52. The van der Waals surface area contributed by atoms with E-state index in [1.165, 1.54) is 0 Å². The van der Waals surface area contributed by atoms with E-state index in [2.05, 4.69) is 6.92 Å². The largest absolute Gasteiger partial charge is 0.396 e. The van der Waals surface area contributed by atoms with E-state index >= 15 is 0 Å². The maximum atomic E-state index is 8.88. The van der Waals surface area contributed by atoms with Crippen molar-refractivity contribution in [3.05, 3.63) is 0 Å². The van der Waals surface area contributed by atoms with Crippen LogP contribution < -0.4 is 0 Å². The minimum Gasteiger partial charge on any atom is -0.396 e. The van der Waals surface area contributed by atoms with Gasteiger partial charge in [0.15, 0.2) is 5.79 Å². The van der Waals surface area contributed by atoms with Crippen LogP contribution in [0.3, 0.4) is 0 Å². The van der Waals surface area contributed by atoms with Crippen molar-refractivity contribution in [1.82, 2.24) is 0 Å². The van der Waals surface area contributed by atoms with Crippen LogP contribution in [0, 0.1) is 0 Å². The fraction of sp³-hybridized carbons (Fsp3) is 1.00. The van der Waals surface area contributed by atoms with Gasteiger partial charge in [0.1, 0.15) is 0 Å². The molecule has 2 saturated heterocycles. The molecular weight excluding hydrogens is 180 g/mol. The lowest BCUT2D eigenvalue weighted by molar-refractivity contribution is -0.269. The average molecular weight is 200 g/mol. The van der Waals surface area contributed by atoms with Gasteiger partial charge in [0.25, 0.3) is 0 Å².